The normalized spacial score (nSPS) is 16.1. The fourth-order valence-electron chi connectivity index (χ4n) is 4.13. The number of nitro groups is 1. The Labute approximate surface area is 191 Å². The number of hydrogen-bond acceptors (Lipinski definition) is 9. The van der Waals surface area contributed by atoms with Gasteiger partial charge >= 0.3 is 0 Å². The molecule has 0 atom stereocenters. The minimum Gasteiger partial charge on any atom is -0.455 e. The van der Waals surface area contributed by atoms with Gasteiger partial charge in [0.2, 0.25) is 5.95 Å². The maximum absolute atomic E-state index is 10.8. The molecule has 2 aliphatic rings. The molecule has 2 aliphatic heterocycles. The largest absolute Gasteiger partial charge is 0.455 e. The minimum atomic E-state index is -0.424. The van der Waals surface area contributed by atoms with Gasteiger partial charge in [-0.1, -0.05) is 0 Å². The molecule has 0 aliphatic carbocycles. The summed E-state index contributed by atoms with van der Waals surface area (Å²) in [5.41, 5.74) is 3.82. The number of hydrazone groups is 1. The minimum absolute atomic E-state index is 0.0442. The van der Waals surface area contributed by atoms with Crippen molar-refractivity contribution in [3.8, 4) is 11.3 Å². The van der Waals surface area contributed by atoms with Crippen LogP contribution in [0.25, 0.3) is 11.3 Å². The third-order valence-corrected chi connectivity index (χ3v) is 5.88. The van der Waals surface area contributed by atoms with E-state index in [4.69, 9.17) is 9.40 Å². The number of aromatic nitrogens is 2. The molecule has 3 aromatic rings. The standard InChI is InChI=1S/C23H25N7O3/c31-30(32)18-7-5-17(6-8-18)20-10-9-19(33-20)16-24-27-21-15-22(28-11-1-2-12-28)26-23(25-21)29-13-3-4-14-29/h5-10,15-16H,1-4,11-14H2,(H,25,26,27). The summed E-state index contributed by atoms with van der Waals surface area (Å²) in [5, 5.41) is 15.1. The molecular weight excluding hydrogens is 422 g/mol. The lowest BCUT2D eigenvalue weighted by molar-refractivity contribution is -0.384. The first-order valence-electron chi connectivity index (χ1n) is 11.2. The Morgan fingerprint density at radius 3 is 2.36 bits per heavy atom. The van der Waals surface area contributed by atoms with Gasteiger partial charge < -0.3 is 14.2 Å². The summed E-state index contributed by atoms with van der Waals surface area (Å²) in [5.74, 6) is 3.49. The van der Waals surface area contributed by atoms with Gasteiger partial charge in [0.25, 0.3) is 5.69 Å². The second kappa shape index (κ2) is 9.27. The zero-order valence-electron chi connectivity index (χ0n) is 18.2. The van der Waals surface area contributed by atoms with Crippen LogP contribution in [0.3, 0.4) is 0 Å². The Bertz CT molecular complexity index is 1110. The van der Waals surface area contributed by atoms with Crippen molar-refractivity contribution in [2.24, 2.45) is 5.10 Å². The molecule has 4 heterocycles. The fourth-order valence-corrected chi connectivity index (χ4v) is 4.13. The smallest absolute Gasteiger partial charge is 0.269 e. The van der Waals surface area contributed by atoms with E-state index in [-0.39, 0.29) is 5.69 Å². The molecule has 0 unspecified atom stereocenters. The lowest BCUT2D eigenvalue weighted by Crippen LogP contribution is -2.24. The van der Waals surface area contributed by atoms with E-state index in [9.17, 15) is 10.1 Å². The van der Waals surface area contributed by atoms with Gasteiger partial charge in [-0.25, -0.2) is 0 Å². The number of furan rings is 1. The molecule has 0 amide bonds. The van der Waals surface area contributed by atoms with E-state index in [1.165, 1.54) is 25.0 Å². The number of benzene rings is 1. The number of nitrogens with zero attached hydrogens (tertiary/aromatic N) is 6. The zero-order valence-corrected chi connectivity index (χ0v) is 18.2. The number of non-ortho nitro benzene ring substituents is 1. The third kappa shape index (κ3) is 4.79. The monoisotopic (exact) mass is 447 g/mol. The number of nitrogens with one attached hydrogen (secondary N) is 1. The predicted molar refractivity (Wildman–Crippen MR) is 127 cm³/mol. The average molecular weight is 447 g/mol. The summed E-state index contributed by atoms with van der Waals surface area (Å²) >= 11 is 0. The molecule has 2 fully saturated rings. The Morgan fingerprint density at radius 2 is 1.67 bits per heavy atom. The van der Waals surface area contributed by atoms with Crippen LogP contribution in [0.4, 0.5) is 23.3 Å². The van der Waals surface area contributed by atoms with Gasteiger partial charge in [-0.3, -0.25) is 15.5 Å². The van der Waals surface area contributed by atoms with Crippen molar-refractivity contribution in [3.05, 3.63) is 58.3 Å². The Kier molecular flexibility index (Phi) is 5.88. The molecule has 2 aromatic heterocycles. The van der Waals surface area contributed by atoms with Crippen LogP contribution < -0.4 is 15.2 Å². The number of rotatable bonds is 7. The van der Waals surface area contributed by atoms with Crippen LogP contribution in [0.1, 0.15) is 31.4 Å². The molecule has 2 saturated heterocycles. The highest BCUT2D eigenvalue weighted by atomic mass is 16.6. The van der Waals surface area contributed by atoms with Crippen molar-refractivity contribution in [2.75, 3.05) is 41.4 Å². The topological polar surface area (TPSA) is 113 Å². The van der Waals surface area contributed by atoms with Crippen molar-refractivity contribution < 1.29 is 9.34 Å². The Morgan fingerprint density at radius 1 is 0.970 bits per heavy atom. The maximum atomic E-state index is 10.8. The molecule has 10 nitrogen and oxygen atoms in total. The van der Waals surface area contributed by atoms with E-state index in [0.717, 1.165) is 56.4 Å². The zero-order chi connectivity index (χ0) is 22.6. The van der Waals surface area contributed by atoms with Crippen LogP contribution in [-0.4, -0.2) is 47.3 Å². The van der Waals surface area contributed by atoms with Crippen molar-refractivity contribution >= 4 is 29.5 Å². The molecule has 1 aromatic carbocycles. The van der Waals surface area contributed by atoms with Crippen molar-refractivity contribution in [2.45, 2.75) is 25.7 Å². The lowest BCUT2D eigenvalue weighted by atomic mass is 10.1. The van der Waals surface area contributed by atoms with Gasteiger partial charge in [-0.15, -0.1) is 0 Å². The van der Waals surface area contributed by atoms with Crippen LogP contribution in [0.5, 0.6) is 0 Å². The Balaban J connectivity index is 1.30. The van der Waals surface area contributed by atoms with Crippen LogP contribution in [0, 0.1) is 10.1 Å². The van der Waals surface area contributed by atoms with Crippen molar-refractivity contribution in [1.82, 2.24) is 9.97 Å². The van der Waals surface area contributed by atoms with Gasteiger partial charge in [0, 0.05) is 49.9 Å². The van der Waals surface area contributed by atoms with E-state index >= 15 is 0 Å². The van der Waals surface area contributed by atoms with Crippen LogP contribution in [0.15, 0.2) is 52.0 Å². The molecule has 1 N–H and O–H groups in total. The average Bonchev–Trinajstić information content (AvgIpc) is 3.62. The number of hydrogen-bond donors (Lipinski definition) is 1. The summed E-state index contributed by atoms with van der Waals surface area (Å²) in [4.78, 5) is 24.4. The summed E-state index contributed by atoms with van der Waals surface area (Å²) in [6, 6.07) is 11.8. The van der Waals surface area contributed by atoms with Gasteiger partial charge in [0.15, 0.2) is 5.82 Å². The SMILES string of the molecule is O=[N+]([O-])c1ccc(-c2ccc(C=NNc3cc(N4CCCC4)nc(N4CCCC4)n3)o2)cc1. The second-order valence-electron chi connectivity index (χ2n) is 8.18. The Hall–Kier alpha value is -3.95. The summed E-state index contributed by atoms with van der Waals surface area (Å²) in [6.07, 6.45) is 6.27. The summed E-state index contributed by atoms with van der Waals surface area (Å²) < 4.78 is 5.81. The maximum Gasteiger partial charge on any atom is 0.269 e. The molecule has 5 rings (SSSR count). The van der Waals surface area contributed by atoms with E-state index < -0.39 is 4.92 Å². The van der Waals surface area contributed by atoms with Crippen LogP contribution in [0.2, 0.25) is 0 Å². The van der Waals surface area contributed by atoms with Gasteiger partial charge in [-0.2, -0.15) is 15.1 Å². The first kappa shape index (κ1) is 20.9. The second-order valence-corrected chi connectivity index (χ2v) is 8.18. The molecule has 0 bridgehead atoms. The van der Waals surface area contributed by atoms with Crippen LogP contribution >= 0.6 is 0 Å². The molecule has 33 heavy (non-hydrogen) atoms. The van der Waals surface area contributed by atoms with Gasteiger partial charge in [0.05, 0.1) is 11.1 Å². The van der Waals surface area contributed by atoms with E-state index in [2.05, 4.69) is 25.3 Å². The highest BCUT2D eigenvalue weighted by Gasteiger charge is 2.20. The summed E-state index contributed by atoms with van der Waals surface area (Å²) in [6.45, 7) is 3.97. The quantitative estimate of drug-likeness (QED) is 0.324. The highest BCUT2D eigenvalue weighted by molar-refractivity contribution is 5.78. The third-order valence-electron chi connectivity index (χ3n) is 5.88. The van der Waals surface area contributed by atoms with Gasteiger partial charge in [0.1, 0.15) is 17.3 Å². The van der Waals surface area contributed by atoms with Crippen molar-refractivity contribution in [3.63, 3.8) is 0 Å². The molecule has 170 valence electrons. The van der Waals surface area contributed by atoms with Crippen molar-refractivity contribution in [1.29, 1.82) is 0 Å². The molecule has 0 radical (unpaired) electrons. The number of nitro benzene ring substituents is 1. The lowest BCUT2D eigenvalue weighted by Gasteiger charge is -2.21. The fraction of sp³-hybridized carbons (Fsp3) is 0.348. The highest BCUT2D eigenvalue weighted by Crippen LogP contribution is 2.26. The first-order valence-corrected chi connectivity index (χ1v) is 11.2. The molecular formula is C23H25N7O3. The van der Waals surface area contributed by atoms with E-state index in [1.54, 1.807) is 24.4 Å². The molecule has 10 heteroatoms. The van der Waals surface area contributed by atoms with E-state index in [0.29, 0.717) is 17.3 Å². The number of anilines is 3. The predicted octanol–water partition coefficient (Wildman–Crippen LogP) is 4.29. The van der Waals surface area contributed by atoms with Crippen LogP contribution in [-0.2, 0) is 0 Å². The molecule has 0 spiro atoms. The summed E-state index contributed by atoms with van der Waals surface area (Å²) in [7, 11) is 0. The molecule has 0 saturated carbocycles. The van der Waals surface area contributed by atoms with E-state index in [1.807, 2.05) is 12.1 Å². The van der Waals surface area contributed by atoms with Gasteiger partial charge in [-0.05, 0) is 49.9 Å². The first-order chi connectivity index (χ1) is 16.2.